The molecule has 4 rings (SSSR count). The lowest BCUT2D eigenvalue weighted by Gasteiger charge is -2.41. The molecule has 212 valence electrons. The zero-order valence-corrected chi connectivity index (χ0v) is 22.5. The molecule has 0 aliphatic carbocycles. The van der Waals surface area contributed by atoms with Crippen LogP contribution in [-0.4, -0.2) is 92.7 Å². The summed E-state index contributed by atoms with van der Waals surface area (Å²) in [6, 6.07) is 0.501. The third-order valence-corrected chi connectivity index (χ3v) is 11.0. The third kappa shape index (κ3) is 6.68. The Morgan fingerprint density at radius 2 is 1.55 bits per heavy atom. The molecule has 3 aliphatic rings. The first-order chi connectivity index (χ1) is 17.7. The number of fused-ring (bicyclic) bond motifs is 2. The Morgan fingerprint density at radius 1 is 0.974 bits per heavy atom. The standard InChI is InChI=1S/C24H32F3N3O6S2/c25-19-13-21(27)20(26)11-15(19)12-22(28)16-9-17-1-2-18(10-16)30(17)23(31)3-6-38(35,36)14-24(32)29-4-7-37(33,34)8-5-29/h11,13,16-18,22H,1-10,12,14,28H2/t16?,17-,18+,22-/m1/s1. The highest BCUT2D eigenvalue weighted by atomic mass is 32.2. The van der Waals surface area contributed by atoms with Gasteiger partial charge in [0.15, 0.2) is 31.3 Å². The summed E-state index contributed by atoms with van der Waals surface area (Å²) in [7, 11) is -7.09. The molecule has 2 N–H and O–H groups in total. The first-order valence-electron chi connectivity index (χ1n) is 12.6. The fourth-order valence-electron chi connectivity index (χ4n) is 5.80. The predicted molar refractivity (Wildman–Crippen MR) is 133 cm³/mol. The van der Waals surface area contributed by atoms with Gasteiger partial charge in [-0.2, -0.15) is 0 Å². The quantitative estimate of drug-likeness (QED) is 0.451. The number of amides is 2. The van der Waals surface area contributed by atoms with Crippen molar-refractivity contribution < 1.29 is 39.6 Å². The van der Waals surface area contributed by atoms with Crippen LogP contribution < -0.4 is 5.73 Å². The van der Waals surface area contributed by atoms with Crippen molar-refractivity contribution in [3.63, 3.8) is 0 Å². The van der Waals surface area contributed by atoms with Crippen LogP contribution in [0, 0.1) is 23.4 Å². The van der Waals surface area contributed by atoms with E-state index >= 15 is 0 Å². The minimum atomic E-state index is -3.88. The second-order valence-electron chi connectivity index (χ2n) is 10.5. The molecule has 0 spiro atoms. The maximum absolute atomic E-state index is 14.1. The lowest BCUT2D eigenvalue weighted by atomic mass is 9.82. The van der Waals surface area contributed by atoms with Crippen LogP contribution in [0.5, 0.6) is 0 Å². The molecule has 38 heavy (non-hydrogen) atoms. The zero-order chi connectivity index (χ0) is 27.8. The fourth-order valence-corrected chi connectivity index (χ4v) is 8.19. The molecule has 2 bridgehead atoms. The number of piperidine rings is 1. The van der Waals surface area contributed by atoms with Gasteiger partial charge in [-0.3, -0.25) is 9.59 Å². The monoisotopic (exact) mass is 579 g/mol. The van der Waals surface area contributed by atoms with Crippen molar-refractivity contribution in [1.82, 2.24) is 9.80 Å². The number of hydrogen-bond acceptors (Lipinski definition) is 7. The average molecular weight is 580 g/mol. The van der Waals surface area contributed by atoms with Crippen molar-refractivity contribution in [2.75, 3.05) is 36.1 Å². The van der Waals surface area contributed by atoms with Gasteiger partial charge in [-0.15, -0.1) is 0 Å². The number of rotatable bonds is 8. The van der Waals surface area contributed by atoms with Crippen LogP contribution in [0.3, 0.4) is 0 Å². The number of carbonyl (C=O) groups excluding carboxylic acids is 2. The Hall–Kier alpha value is -2.19. The summed E-state index contributed by atoms with van der Waals surface area (Å²) in [6.45, 7) is -0.0857. The van der Waals surface area contributed by atoms with Crippen molar-refractivity contribution in [2.24, 2.45) is 11.7 Å². The van der Waals surface area contributed by atoms with Gasteiger partial charge in [0.25, 0.3) is 0 Å². The van der Waals surface area contributed by atoms with Gasteiger partial charge in [-0.25, -0.2) is 30.0 Å². The van der Waals surface area contributed by atoms with Gasteiger partial charge in [-0.05, 0) is 49.7 Å². The lowest BCUT2D eigenvalue weighted by molar-refractivity contribution is -0.136. The van der Waals surface area contributed by atoms with E-state index in [2.05, 4.69) is 0 Å². The Kier molecular flexibility index (Phi) is 8.43. The summed E-state index contributed by atoms with van der Waals surface area (Å²) >= 11 is 0. The summed E-state index contributed by atoms with van der Waals surface area (Å²) in [6.07, 6.45) is 2.28. The second kappa shape index (κ2) is 11.1. The van der Waals surface area contributed by atoms with E-state index in [-0.39, 0.29) is 66.9 Å². The van der Waals surface area contributed by atoms with E-state index in [1.54, 1.807) is 4.90 Å². The Morgan fingerprint density at radius 3 is 2.16 bits per heavy atom. The molecule has 3 fully saturated rings. The van der Waals surface area contributed by atoms with Gasteiger partial charge in [0.2, 0.25) is 11.8 Å². The normalized spacial score (nSPS) is 25.8. The van der Waals surface area contributed by atoms with Crippen LogP contribution in [0.2, 0.25) is 0 Å². The number of sulfone groups is 2. The zero-order valence-electron chi connectivity index (χ0n) is 20.8. The van der Waals surface area contributed by atoms with Crippen molar-refractivity contribution in [2.45, 2.75) is 56.7 Å². The topological polar surface area (TPSA) is 135 Å². The van der Waals surface area contributed by atoms with Crippen molar-refractivity contribution in [1.29, 1.82) is 0 Å². The average Bonchev–Trinajstić information content (AvgIpc) is 3.09. The molecule has 3 heterocycles. The van der Waals surface area contributed by atoms with Gasteiger partial charge < -0.3 is 15.5 Å². The molecule has 2 amide bonds. The maximum atomic E-state index is 14.1. The van der Waals surface area contributed by atoms with Crippen molar-refractivity contribution in [3.05, 3.63) is 35.1 Å². The number of nitrogens with two attached hydrogens (primary N) is 1. The van der Waals surface area contributed by atoms with Crippen LogP contribution in [0.25, 0.3) is 0 Å². The second-order valence-corrected chi connectivity index (χ2v) is 15.0. The molecule has 0 radical (unpaired) electrons. The van der Waals surface area contributed by atoms with E-state index < -0.39 is 60.6 Å². The number of carbonyl (C=O) groups is 2. The van der Waals surface area contributed by atoms with Crippen molar-refractivity contribution in [3.8, 4) is 0 Å². The maximum Gasteiger partial charge on any atom is 0.237 e. The highest BCUT2D eigenvalue weighted by Gasteiger charge is 2.44. The van der Waals surface area contributed by atoms with Crippen LogP contribution in [-0.2, 0) is 35.7 Å². The Labute approximate surface area is 220 Å². The smallest absolute Gasteiger partial charge is 0.237 e. The summed E-state index contributed by atoms with van der Waals surface area (Å²) in [5.41, 5.74) is 6.31. The molecule has 4 atom stereocenters. The van der Waals surface area contributed by atoms with Gasteiger partial charge in [0.1, 0.15) is 11.6 Å². The van der Waals surface area contributed by atoms with Crippen LogP contribution in [0.4, 0.5) is 13.2 Å². The van der Waals surface area contributed by atoms with Crippen molar-refractivity contribution >= 4 is 31.5 Å². The third-order valence-electron chi connectivity index (χ3n) is 7.88. The molecule has 9 nitrogen and oxygen atoms in total. The van der Waals surface area contributed by atoms with E-state index in [1.165, 1.54) is 4.90 Å². The predicted octanol–water partition coefficient (Wildman–Crippen LogP) is 0.805. The van der Waals surface area contributed by atoms with E-state index in [9.17, 15) is 39.6 Å². The van der Waals surface area contributed by atoms with Crippen LogP contribution in [0.15, 0.2) is 12.1 Å². The highest BCUT2D eigenvalue weighted by molar-refractivity contribution is 7.92. The molecule has 1 aromatic carbocycles. The molecule has 0 aromatic heterocycles. The van der Waals surface area contributed by atoms with Gasteiger partial charge >= 0.3 is 0 Å². The molecule has 3 aliphatic heterocycles. The van der Waals surface area contributed by atoms with Crippen LogP contribution in [0.1, 0.15) is 37.7 Å². The first-order valence-corrected chi connectivity index (χ1v) is 16.3. The highest BCUT2D eigenvalue weighted by Crippen LogP contribution is 2.40. The molecule has 1 unspecified atom stereocenters. The number of hydrogen-bond donors (Lipinski definition) is 1. The summed E-state index contributed by atoms with van der Waals surface area (Å²) in [5, 5.41) is 0. The molecule has 3 saturated heterocycles. The first kappa shape index (κ1) is 28.8. The molecule has 1 aromatic rings. The minimum Gasteiger partial charge on any atom is -0.340 e. The number of nitrogens with zero attached hydrogens (tertiary/aromatic N) is 2. The molecular weight excluding hydrogens is 547 g/mol. The summed E-state index contributed by atoms with van der Waals surface area (Å²) < 4.78 is 89.0. The summed E-state index contributed by atoms with van der Waals surface area (Å²) in [5.74, 6) is -5.99. The van der Waals surface area contributed by atoms with Gasteiger partial charge in [-0.1, -0.05) is 0 Å². The number of benzene rings is 1. The van der Waals surface area contributed by atoms with E-state index in [4.69, 9.17) is 5.73 Å². The Balaban J connectivity index is 1.29. The molecular formula is C24H32F3N3O6S2. The van der Waals surface area contributed by atoms with E-state index in [0.717, 1.165) is 18.9 Å². The SMILES string of the molecule is N[C@H](Cc1cc(F)c(F)cc1F)C1C[C@H]2CC[C@@H](C1)N2C(=O)CCS(=O)(=O)CC(=O)N1CCS(=O)(=O)CC1. The van der Waals surface area contributed by atoms with Gasteiger partial charge in [0.05, 0.1) is 17.3 Å². The molecule has 14 heteroatoms. The molecule has 0 saturated carbocycles. The minimum absolute atomic E-state index is 0.00631. The van der Waals surface area contributed by atoms with E-state index in [0.29, 0.717) is 18.9 Å². The lowest BCUT2D eigenvalue weighted by Crippen LogP contribution is -2.50. The fraction of sp³-hybridized carbons (Fsp3) is 0.667. The van der Waals surface area contributed by atoms with Gasteiger partial charge in [0, 0.05) is 43.7 Å². The summed E-state index contributed by atoms with van der Waals surface area (Å²) in [4.78, 5) is 28.3. The van der Waals surface area contributed by atoms with Crippen LogP contribution >= 0.6 is 0 Å². The Bertz CT molecular complexity index is 1280. The largest absolute Gasteiger partial charge is 0.340 e. The van der Waals surface area contributed by atoms with E-state index in [1.807, 2.05) is 0 Å². The number of halogens is 3.